The lowest BCUT2D eigenvalue weighted by molar-refractivity contribution is -0.129. The number of likely N-dealkylation sites (tertiary alicyclic amines) is 1. The highest BCUT2D eigenvalue weighted by atomic mass is 16.5. The second kappa shape index (κ2) is 4.45. The minimum Gasteiger partial charge on any atom is -0.385 e. The van der Waals surface area contributed by atoms with Gasteiger partial charge in [-0.2, -0.15) is 0 Å². The Balaban J connectivity index is 2.30. The van der Waals surface area contributed by atoms with E-state index in [0.717, 1.165) is 32.4 Å². The number of carbonyl (C=O) groups excluding carboxylic acids is 1. The van der Waals surface area contributed by atoms with Gasteiger partial charge >= 0.3 is 0 Å². The highest BCUT2D eigenvalue weighted by Crippen LogP contribution is 2.15. The molecule has 0 bridgehead atoms. The molecule has 1 rings (SSSR count). The molecule has 0 aromatic heterocycles. The summed E-state index contributed by atoms with van der Waals surface area (Å²) in [6.07, 6.45) is 2.70. The van der Waals surface area contributed by atoms with Gasteiger partial charge in [-0.3, -0.25) is 4.79 Å². The predicted octanol–water partition coefficient (Wildman–Crippen LogP) is 1.03. The fraction of sp³-hybridized carbons (Fsp3) is 0.889. The maximum atomic E-state index is 11.3. The molecule has 0 radical (unpaired) electrons. The van der Waals surface area contributed by atoms with Crippen molar-refractivity contribution in [3.63, 3.8) is 0 Å². The van der Waals surface area contributed by atoms with E-state index in [2.05, 4.69) is 6.92 Å². The summed E-state index contributed by atoms with van der Waals surface area (Å²) >= 11 is 0. The minimum absolute atomic E-state index is 0.304. The molecule has 0 N–H and O–H groups in total. The van der Waals surface area contributed by atoms with Crippen molar-refractivity contribution >= 4 is 5.91 Å². The van der Waals surface area contributed by atoms with Crippen LogP contribution in [0.4, 0.5) is 0 Å². The van der Waals surface area contributed by atoms with Crippen molar-refractivity contribution in [3.05, 3.63) is 0 Å². The van der Waals surface area contributed by atoms with E-state index in [4.69, 9.17) is 4.74 Å². The average molecular weight is 171 g/mol. The van der Waals surface area contributed by atoms with Crippen LogP contribution in [-0.4, -0.2) is 37.1 Å². The number of hydrogen-bond donors (Lipinski definition) is 0. The fourth-order valence-electron chi connectivity index (χ4n) is 1.58. The van der Waals surface area contributed by atoms with E-state index >= 15 is 0 Å². The number of methoxy groups -OCH3 is 1. The van der Waals surface area contributed by atoms with Crippen molar-refractivity contribution < 1.29 is 9.53 Å². The highest BCUT2D eigenvalue weighted by molar-refractivity contribution is 5.78. The molecule has 1 aliphatic rings. The Hall–Kier alpha value is -0.570. The Bertz CT molecular complexity index is 159. The molecule has 1 unspecified atom stereocenters. The third-order valence-corrected chi connectivity index (χ3v) is 2.38. The average Bonchev–Trinajstić information content (AvgIpc) is 2.47. The van der Waals surface area contributed by atoms with Crippen molar-refractivity contribution in [2.45, 2.75) is 32.2 Å². The van der Waals surface area contributed by atoms with Gasteiger partial charge in [0.2, 0.25) is 5.91 Å². The van der Waals surface area contributed by atoms with Crippen LogP contribution in [0.3, 0.4) is 0 Å². The van der Waals surface area contributed by atoms with E-state index in [9.17, 15) is 4.79 Å². The summed E-state index contributed by atoms with van der Waals surface area (Å²) in [5.74, 6) is 0.304. The molecule has 1 atom stereocenters. The summed E-state index contributed by atoms with van der Waals surface area (Å²) in [6.45, 7) is 3.76. The van der Waals surface area contributed by atoms with E-state index < -0.39 is 0 Å². The standard InChI is InChI=1S/C9H17NO2/c1-8(5-7-12-2)10-6-3-4-9(10)11/h8H,3-7H2,1-2H3. The van der Waals surface area contributed by atoms with Gasteiger partial charge in [0.05, 0.1) is 0 Å². The molecule has 0 spiro atoms. The third kappa shape index (κ3) is 2.21. The molecule has 70 valence electrons. The summed E-state index contributed by atoms with van der Waals surface area (Å²) in [7, 11) is 1.69. The first-order valence-corrected chi connectivity index (χ1v) is 4.54. The number of ether oxygens (including phenoxy) is 1. The molecule has 0 aliphatic carbocycles. The van der Waals surface area contributed by atoms with Crippen molar-refractivity contribution in [1.82, 2.24) is 4.90 Å². The lowest BCUT2D eigenvalue weighted by Gasteiger charge is -2.23. The molecule has 12 heavy (non-hydrogen) atoms. The van der Waals surface area contributed by atoms with Gasteiger partial charge in [0.15, 0.2) is 0 Å². The van der Waals surface area contributed by atoms with Crippen LogP contribution in [0.15, 0.2) is 0 Å². The first kappa shape index (κ1) is 9.52. The van der Waals surface area contributed by atoms with Gasteiger partial charge in [0, 0.05) is 32.7 Å². The van der Waals surface area contributed by atoms with Crippen molar-refractivity contribution in [3.8, 4) is 0 Å². The van der Waals surface area contributed by atoms with Crippen LogP contribution in [0.5, 0.6) is 0 Å². The van der Waals surface area contributed by atoms with E-state index in [1.165, 1.54) is 0 Å². The molecule has 1 fully saturated rings. The SMILES string of the molecule is COCCC(C)N1CCCC1=O. The van der Waals surface area contributed by atoms with Crippen LogP contribution in [-0.2, 0) is 9.53 Å². The van der Waals surface area contributed by atoms with E-state index in [1.807, 2.05) is 4.90 Å². The van der Waals surface area contributed by atoms with E-state index in [1.54, 1.807) is 7.11 Å². The zero-order valence-corrected chi connectivity index (χ0v) is 7.88. The van der Waals surface area contributed by atoms with Crippen LogP contribution in [0.2, 0.25) is 0 Å². The fourth-order valence-corrected chi connectivity index (χ4v) is 1.58. The molecule has 0 saturated carbocycles. The monoisotopic (exact) mass is 171 g/mol. The van der Waals surface area contributed by atoms with Crippen LogP contribution in [0.25, 0.3) is 0 Å². The zero-order chi connectivity index (χ0) is 8.97. The van der Waals surface area contributed by atoms with Gasteiger partial charge < -0.3 is 9.64 Å². The first-order chi connectivity index (χ1) is 5.75. The Morgan fingerprint density at radius 3 is 2.92 bits per heavy atom. The second-order valence-electron chi connectivity index (χ2n) is 3.32. The lowest BCUT2D eigenvalue weighted by Crippen LogP contribution is -2.34. The maximum Gasteiger partial charge on any atom is 0.222 e. The predicted molar refractivity (Wildman–Crippen MR) is 46.9 cm³/mol. The van der Waals surface area contributed by atoms with Crippen molar-refractivity contribution in [1.29, 1.82) is 0 Å². The Labute approximate surface area is 73.7 Å². The van der Waals surface area contributed by atoms with Gasteiger partial charge in [-0.25, -0.2) is 0 Å². The van der Waals surface area contributed by atoms with Crippen LogP contribution in [0.1, 0.15) is 26.2 Å². The first-order valence-electron chi connectivity index (χ1n) is 4.54. The normalized spacial score (nSPS) is 20.2. The maximum absolute atomic E-state index is 11.3. The van der Waals surface area contributed by atoms with Crippen LogP contribution >= 0.6 is 0 Å². The Morgan fingerprint density at radius 2 is 2.42 bits per heavy atom. The molecule has 3 heteroatoms. The summed E-state index contributed by atoms with van der Waals surface area (Å²) in [5.41, 5.74) is 0. The van der Waals surface area contributed by atoms with Gasteiger partial charge in [0.1, 0.15) is 0 Å². The number of rotatable bonds is 4. The quantitative estimate of drug-likeness (QED) is 0.632. The number of amides is 1. The molecule has 3 nitrogen and oxygen atoms in total. The molecular formula is C9H17NO2. The summed E-state index contributed by atoms with van der Waals surface area (Å²) in [5, 5.41) is 0. The zero-order valence-electron chi connectivity index (χ0n) is 7.88. The molecule has 1 heterocycles. The smallest absolute Gasteiger partial charge is 0.222 e. The van der Waals surface area contributed by atoms with Gasteiger partial charge in [-0.1, -0.05) is 0 Å². The summed E-state index contributed by atoms with van der Waals surface area (Å²) in [4.78, 5) is 13.2. The molecule has 0 aromatic carbocycles. The van der Waals surface area contributed by atoms with E-state index in [-0.39, 0.29) is 0 Å². The molecule has 1 amide bonds. The Kier molecular flexibility index (Phi) is 3.53. The second-order valence-corrected chi connectivity index (χ2v) is 3.32. The number of nitrogens with zero attached hydrogens (tertiary/aromatic N) is 1. The largest absolute Gasteiger partial charge is 0.385 e. The molecule has 1 aliphatic heterocycles. The van der Waals surface area contributed by atoms with Crippen molar-refractivity contribution in [2.24, 2.45) is 0 Å². The summed E-state index contributed by atoms with van der Waals surface area (Å²) < 4.78 is 4.97. The van der Waals surface area contributed by atoms with Gasteiger partial charge in [-0.15, -0.1) is 0 Å². The summed E-state index contributed by atoms with van der Waals surface area (Å²) in [6, 6.07) is 0.347. The molecule has 0 aromatic rings. The van der Waals surface area contributed by atoms with E-state index in [0.29, 0.717) is 11.9 Å². The van der Waals surface area contributed by atoms with Crippen LogP contribution < -0.4 is 0 Å². The third-order valence-electron chi connectivity index (χ3n) is 2.38. The van der Waals surface area contributed by atoms with Crippen molar-refractivity contribution in [2.75, 3.05) is 20.3 Å². The lowest BCUT2D eigenvalue weighted by atomic mass is 10.2. The van der Waals surface area contributed by atoms with Crippen LogP contribution in [0, 0.1) is 0 Å². The van der Waals surface area contributed by atoms with Gasteiger partial charge in [0.25, 0.3) is 0 Å². The highest BCUT2D eigenvalue weighted by Gasteiger charge is 2.24. The minimum atomic E-state index is 0.304. The molecular weight excluding hydrogens is 154 g/mol. The van der Waals surface area contributed by atoms with Gasteiger partial charge in [-0.05, 0) is 19.8 Å². The number of hydrogen-bond acceptors (Lipinski definition) is 2. The Morgan fingerprint density at radius 1 is 1.67 bits per heavy atom. The number of carbonyl (C=O) groups is 1. The topological polar surface area (TPSA) is 29.5 Å². The molecule has 1 saturated heterocycles.